The first-order valence-corrected chi connectivity index (χ1v) is 11.5. The van der Waals surface area contributed by atoms with Crippen LogP contribution < -0.4 is 15.1 Å². The van der Waals surface area contributed by atoms with E-state index in [1.54, 1.807) is 7.11 Å². The van der Waals surface area contributed by atoms with E-state index < -0.39 is 0 Å². The molecule has 2 radical (unpaired) electrons. The quantitative estimate of drug-likeness (QED) is 0.386. The van der Waals surface area contributed by atoms with E-state index >= 15 is 0 Å². The zero-order valence-corrected chi connectivity index (χ0v) is 18.3. The van der Waals surface area contributed by atoms with Gasteiger partial charge in [-0.25, -0.2) is 0 Å². The van der Waals surface area contributed by atoms with Crippen LogP contribution in [0.5, 0.6) is 5.75 Å². The van der Waals surface area contributed by atoms with E-state index in [0.29, 0.717) is 9.52 Å². The highest BCUT2D eigenvalue weighted by atomic mass is 28.2. The van der Waals surface area contributed by atoms with Crippen molar-refractivity contribution in [2.24, 2.45) is 0 Å². The lowest BCUT2D eigenvalue weighted by Gasteiger charge is -2.15. The van der Waals surface area contributed by atoms with Crippen molar-refractivity contribution in [1.29, 1.82) is 0 Å². The van der Waals surface area contributed by atoms with Crippen LogP contribution in [0.15, 0.2) is 72.8 Å². The van der Waals surface area contributed by atoms with Crippen molar-refractivity contribution in [2.75, 3.05) is 7.11 Å². The molecule has 0 N–H and O–H groups in total. The first-order chi connectivity index (χ1) is 14.7. The summed E-state index contributed by atoms with van der Waals surface area (Å²) in [6.45, 7) is 2.25. The van der Waals surface area contributed by atoms with Gasteiger partial charge < -0.3 is 4.74 Å². The maximum absolute atomic E-state index is 5.75. The Kier molecular flexibility index (Phi) is 3.97. The fraction of sp³-hybridized carbons (Fsp3) is 0.143. The number of aryl methyl sites for hydroxylation is 1. The molecule has 0 bridgehead atoms. The van der Waals surface area contributed by atoms with Gasteiger partial charge in [0, 0.05) is 5.56 Å². The molecule has 0 spiro atoms. The van der Waals surface area contributed by atoms with Crippen LogP contribution in [-0.2, 0) is 12.8 Å². The maximum Gasteiger partial charge on any atom is 0.126 e. The third kappa shape index (κ3) is 2.53. The van der Waals surface area contributed by atoms with Crippen molar-refractivity contribution in [3.05, 3.63) is 101 Å². The molecule has 0 atom stereocenters. The van der Waals surface area contributed by atoms with Gasteiger partial charge in [0.25, 0.3) is 0 Å². The van der Waals surface area contributed by atoms with Crippen molar-refractivity contribution in [1.82, 2.24) is 0 Å². The largest absolute Gasteiger partial charge is 0.496 e. The normalized spacial score (nSPS) is 12.9. The fourth-order valence-corrected chi connectivity index (χ4v) is 6.55. The Morgan fingerprint density at radius 1 is 0.667 bits per heavy atom. The van der Waals surface area contributed by atoms with E-state index in [0.717, 1.165) is 18.6 Å². The van der Waals surface area contributed by atoms with Gasteiger partial charge in [0.05, 0.1) is 7.11 Å². The molecule has 0 aromatic heterocycles. The molecule has 0 heterocycles. The molecule has 30 heavy (non-hydrogen) atoms. The van der Waals surface area contributed by atoms with Gasteiger partial charge in [-0.2, -0.15) is 0 Å². The van der Waals surface area contributed by atoms with Crippen LogP contribution in [0.2, 0.25) is 0 Å². The molecule has 0 aliphatic heterocycles. The number of methoxy groups -OCH3 is 1. The van der Waals surface area contributed by atoms with E-state index in [1.165, 1.54) is 60.4 Å². The molecule has 0 unspecified atom stereocenters. The van der Waals surface area contributed by atoms with E-state index in [9.17, 15) is 0 Å². The molecule has 4 aromatic rings. The van der Waals surface area contributed by atoms with Crippen molar-refractivity contribution in [3.63, 3.8) is 0 Å². The maximum atomic E-state index is 5.75. The summed E-state index contributed by atoms with van der Waals surface area (Å²) in [6.07, 6.45) is 2.05. The van der Waals surface area contributed by atoms with Gasteiger partial charge in [0.1, 0.15) is 15.3 Å². The second kappa shape index (κ2) is 6.71. The Bertz CT molecular complexity index is 1320. The molecule has 0 amide bonds. The van der Waals surface area contributed by atoms with Gasteiger partial charge in [-0.3, -0.25) is 0 Å². The average Bonchev–Trinajstić information content (AvgIpc) is 3.36. The molecular weight excluding hydrogens is 380 g/mol. The number of rotatable bonds is 3. The monoisotopic (exact) mass is 402 g/mol. The molecular formula is C28H22OSi. The minimum atomic E-state index is 0.655. The van der Waals surface area contributed by atoms with Crippen LogP contribution in [-0.4, -0.2) is 16.6 Å². The number of fused-ring (bicyclic) bond motifs is 6. The van der Waals surface area contributed by atoms with Crippen LogP contribution in [0.4, 0.5) is 0 Å². The predicted molar refractivity (Wildman–Crippen MR) is 126 cm³/mol. The molecule has 4 aromatic carbocycles. The standard InChI is InChI=1S/C28H22OSi/c1-17-11-13-25(22-15-18-7-3-5-9-20(18)27(17)22)30-26-14-12-24(29-2)28-21-10-6-4-8-19(21)16-23(26)28/h3-14H,15-16H2,1-2H3. The second-order valence-corrected chi connectivity index (χ2v) is 9.57. The van der Waals surface area contributed by atoms with E-state index in [1.807, 2.05) is 0 Å². The number of ether oxygens (including phenoxy) is 1. The first kappa shape index (κ1) is 17.7. The topological polar surface area (TPSA) is 9.23 Å². The third-order valence-electron chi connectivity index (χ3n) is 6.59. The van der Waals surface area contributed by atoms with Crippen molar-refractivity contribution in [3.8, 4) is 28.0 Å². The average molecular weight is 403 g/mol. The molecule has 0 saturated carbocycles. The van der Waals surface area contributed by atoms with Gasteiger partial charge in [-0.05, 0) is 70.3 Å². The highest BCUT2D eigenvalue weighted by Crippen LogP contribution is 2.42. The van der Waals surface area contributed by atoms with Gasteiger partial charge >= 0.3 is 0 Å². The van der Waals surface area contributed by atoms with E-state index in [2.05, 4.69) is 79.7 Å². The summed E-state index contributed by atoms with van der Waals surface area (Å²) in [6, 6.07) is 26.8. The lowest BCUT2D eigenvalue weighted by Crippen LogP contribution is -2.32. The Balaban J connectivity index is 1.47. The van der Waals surface area contributed by atoms with Crippen molar-refractivity contribution >= 4 is 19.9 Å². The highest BCUT2D eigenvalue weighted by Gasteiger charge is 2.27. The Hall–Kier alpha value is -3.10. The molecule has 144 valence electrons. The second-order valence-electron chi connectivity index (χ2n) is 8.25. The Morgan fingerprint density at radius 3 is 1.90 bits per heavy atom. The smallest absolute Gasteiger partial charge is 0.126 e. The summed E-state index contributed by atoms with van der Waals surface area (Å²) in [4.78, 5) is 0. The summed E-state index contributed by atoms with van der Waals surface area (Å²) in [5.74, 6) is 0.991. The van der Waals surface area contributed by atoms with E-state index in [-0.39, 0.29) is 0 Å². The molecule has 1 nitrogen and oxygen atoms in total. The summed E-state index contributed by atoms with van der Waals surface area (Å²) >= 11 is 0. The van der Waals surface area contributed by atoms with Gasteiger partial charge in [0.15, 0.2) is 0 Å². The van der Waals surface area contributed by atoms with Crippen LogP contribution in [0.1, 0.15) is 27.8 Å². The van der Waals surface area contributed by atoms with Crippen molar-refractivity contribution < 1.29 is 4.74 Å². The highest BCUT2D eigenvalue weighted by molar-refractivity contribution is 6.68. The molecule has 2 aliphatic rings. The predicted octanol–water partition coefficient (Wildman–Crippen LogP) is 4.80. The third-order valence-corrected chi connectivity index (χ3v) is 8.07. The summed E-state index contributed by atoms with van der Waals surface area (Å²) in [7, 11) is 2.44. The molecule has 2 aliphatic carbocycles. The van der Waals surface area contributed by atoms with Crippen LogP contribution in [0, 0.1) is 6.92 Å². The zero-order chi connectivity index (χ0) is 20.2. The summed E-state index contributed by atoms with van der Waals surface area (Å²) in [5, 5.41) is 2.93. The molecule has 6 rings (SSSR count). The lowest BCUT2D eigenvalue weighted by atomic mass is 10.0. The number of benzene rings is 4. The van der Waals surface area contributed by atoms with Gasteiger partial charge in [-0.15, -0.1) is 0 Å². The van der Waals surface area contributed by atoms with E-state index in [4.69, 9.17) is 4.74 Å². The number of hydrogen-bond acceptors (Lipinski definition) is 1. The van der Waals surface area contributed by atoms with Gasteiger partial charge in [0.2, 0.25) is 0 Å². The van der Waals surface area contributed by atoms with Crippen molar-refractivity contribution in [2.45, 2.75) is 19.8 Å². The molecule has 0 fully saturated rings. The summed E-state index contributed by atoms with van der Waals surface area (Å²) < 4.78 is 5.75. The Labute approximate surface area is 180 Å². The van der Waals surface area contributed by atoms with Crippen LogP contribution in [0.3, 0.4) is 0 Å². The first-order valence-electron chi connectivity index (χ1n) is 10.5. The lowest BCUT2D eigenvalue weighted by molar-refractivity contribution is 0.416. The Morgan fingerprint density at radius 2 is 1.23 bits per heavy atom. The van der Waals surface area contributed by atoms with Crippen LogP contribution >= 0.6 is 0 Å². The minimum absolute atomic E-state index is 0.655. The number of hydrogen-bond donors (Lipinski definition) is 0. The minimum Gasteiger partial charge on any atom is -0.496 e. The SMILES string of the molecule is COc1ccc([Si]c2ccc(C)c3c2Cc2ccccc2-3)c2c1-c1ccccc1C2. The fourth-order valence-electron chi connectivity index (χ4n) is 5.20. The van der Waals surface area contributed by atoms with Crippen LogP contribution in [0.25, 0.3) is 22.3 Å². The zero-order valence-electron chi connectivity index (χ0n) is 17.3. The summed E-state index contributed by atoms with van der Waals surface area (Å²) in [5.41, 5.74) is 12.7. The molecule has 2 heteroatoms. The molecule has 0 saturated heterocycles. The van der Waals surface area contributed by atoms with Gasteiger partial charge in [-0.1, -0.05) is 77.1 Å².